The predicted octanol–water partition coefficient (Wildman–Crippen LogP) is 4.44. The number of Topliss-reactive ketones (excluding diaryl/α,β-unsaturated/α-hetero) is 1. The third-order valence-electron chi connectivity index (χ3n) is 6.38. The summed E-state index contributed by atoms with van der Waals surface area (Å²) in [6.07, 6.45) is 1.86. The summed E-state index contributed by atoms with van der Waals surface area (Å²) in [5.41, 5.74) is 2.84. The highest BCUT2D eigenvalue weighted by Crippen LogP contribution is 2.42. The Morgan fingerprint density at radius 2 is 1.84 bits per heavy atom. The van der Waals surface area contributed by atoms with Crippen molar-refractivity contribution < 1.29 is 19.1 Å². The molecule has 1 spiro atoms. The largest absolute Gasteiger partial charge is 0.379 e. The number of halogens is 1. The highest BCUT2D eigenvalue weighted by atomic mass is 35.5. The molecule has 2 aliphatic rings. The molecule has 31 heavy (non-hydrogen) atoms. The van der Waals surface area contributed by atoms with Crippen LogP contribution in [0.1, 0.15) is 43.2 Å². The Bertz CT molecular complexity index is 974. The summed E-state index contributed by atoms with van der Waals surface area (Å²) in [6, 6.07) is 13.5. The molecule has 1 aliphatic heterocycles. The Balaban J connectivity index is 1.54. The van der Waals surface area contributed by atoms with Crippen LogP contribution in [0.15, 0.2) is 42.5 Å². The molecule has 2 aromatic carbocycles. The van der Waals surface area contributed by atoms with Crippen LogP contribution < -0.4 is 5.32 Å². The van der Waals surface area contributed by atoms with Crippen LogP contribution in [0.2, 0.25) is 5.02 Å². The number of ketones is 1. The molecule has 1 saturated carbocycles. The van der Waals surface area contributed by atoms with E-state index in [1.807, 2.05) is 56.3 Å². The highest BCUT2D eigenvalue weighted by molar-refractivity contribution is 6.30. The van der Waals surface area contributed by atoms with Gasteiger partial charge in [-0.3, -0.25) is 9.59 Å². The molecule has 164 valence electrons. The third kappa shape index (κ3) is 4.40. The van der Waals surface area contributed by atoms with Crippen LogP contribution in [-0.4, -0.2) is 43.2 Å². The lowest BCUT2D eigenvalue weighted by Gasteiger charge is -2.22. The van der Waals surface area contributed by atoms with Gasteiger partial charge >= 0.3 is 0 Å². The Morgan fingerprint density at radius 1 is 1.10 bits per heavy atom. The van der Waals surface area contributed by atoms with Crippen LogP contribution >= 0.6 is 11.6 Å². The van der Waals surface area contributed by atoms with Crippen LogP contribution in [0.4, 0.5) is 0 Å². The van der Waals surface area contributed by atoms with Crippen molar-refractivity contribution in [2.75, 3.05) is 19.8 Å². The molecule has 1 unspecified atom stereocenters. The average Bonchev–Trinajstić information content (AvgIpc) is 3.27. The quantitative estimate of drug-likeness (QED) is 0.509. The summed E-state index contributed by atoms with van der Waals surface area (Å²) in [7, 11) is 0. The maximum Gasteiger partial charge on any atom is 0.235 e. The molecule has 1 amide bonds. The van der Waals surface area contributed by atoms with Crippen LogP contribution in [-0.2, 0) is 19.1 Å². The van der Waals surface area contributed by atoms with E-state index in [4.69, 9.17) is 21.1 Å². The first kappa shape index (κ1) is 22.0. The normalized spacial score (nSPS) is 25.4. The molecule has 1 N–H and O–H groups in total. The van der Waals surface area contributed by atoms with Crippen LogP contribution in [0.3, 0.4) is 0 Å². The van der Waals surface area contributed by atoms with Crippen molar-refractivity contribution in [3.05, 3.63) is 58.6 Å². The number of amides is 1. The molecule has 0 bridgehead atoms. The van der Waals surface area contributed by atoms with E-state index >= 15 is 0 Å². The number of nitrogens with one attached hydrogen (secondary N) is 1. The molecule has 3 atom stereocenters. The predicted molar refractivity (Wildman–Crippen MR) is 120 cm³/mol. The standard InChI is InChI=1S/C25H28ClNO4/c1-3-30-12-13-31-20-10-11-25(15-20)23(28)22(24(29)27-25)21-14-18(5-4-16(21)2)17-6-8-19(26)9-7-17/h4-9,14,20,22H,3,10-13,15H2,1-2H3,(H,27,29)/t20-,22?,25+/m0/s1. The average molecular weight is 442 g/mol. The van der Waals surface area contributed by atoms with E-state index in [1.54, 1.807) is 0 Å². The number of carbonyl (C=O) groups excluding carboxylic acids is 2. The van der Waals surface area contributed by atoms with Crippen molar-refractivity contribution in [3.8, 4) is 11.1 Å². The molecule has 6 heteroatoms. The Kier molecular flexibility index (Phi) is 6.47. The minimum Gasteiger partial charge on any atom is -0.379 e. The number of hydrogen-bond acceptors (Lipinski definition) is 4. The Morgan fingerprint density at radius 3 is 2.58 bits per heavy atom. The van der Waals surface area contributed by atoms with Crippen LogP contribution in [0.5, 0.6) is 0 Å². The van der Waals surface area contributed by atoms with Gasteiger partial charge in [-0.25, -0.2) is 0 Å². The first-order valence-corrected chi connectivity index (χ1v) is 11.2. The molecular formula is C25H28ClNO4. The van der Waals surface area contributed by atoms with E-state index in [2.05, 4.69) is 5.32 Å². The molecular weight excluding hydrogens is 414 g/mol. The minimum absolute atomic E-state index is 0.0371. The van der Waals surface area contributed by atoms with E-state index in [9.17, 15) is 9.59 Å². The lowest BCUT2D eigenvalue weighted by Crippen LogP contribution is -2.44. The monoisotopic (exact) mass is 441 g/mol. The molecule has 0 aromatic heterocycles. The van der Waals surface area contributed by atoms with Crippen molar-refractivity contribution in [2.45, 2.75) is 50.7 Å². The van der Waals surface area contributed by atoms with Crippen LogP contribution in [0.25, 0.3) is 11.1 Å². The lowest BCUT2D eigenvalue weighted by molar-refractivity contribution is -0.125. The maximum atomic E-state index is 13.5. The topological polar surface area (TPSA) is 64.6 Å². The first-order valence-electron chi connectivity index (χ1n) is 10.9. The Labute approximate surface area is 188 Å². The van der Waals surface area contributed by atoms with E-state index in [0.29, 0.717) is 37.7 Å². The second kappa shape index (κ2) is 9.11. The summed E-state index contributed by atoms with van der Waals surface area (Å²) in [4.78, 5) is 26.5. The van der Waals surface area contributed by atoms with E-state index in [0.717, 1.165) is 28.7 Å². The van der Waals surface area contributed by atoms with Crippen molar-refractivity contribution in [3.63, 3.8) is 0 Å². The SMILES string of the molecule is CCOCCO[C@H]1CC[C@]2(C1)NC(=O)C(c1cc(-c3ccc(Cl)cc3)ccc1C)C2=O. The van der Waals surface area contributed by atoms with Gasteiger partial charge in [-0.1, -0.05) is 35.9 Å². The van der Waals surface area contributed by atoms with E-state index in [1.165, 1.54) is 0 Å². The number of hydrogen-bond donors (Lipinski definition) is 1. The zero-order chi connectivity index (χ0) is 22.0. The van der Waals surface area contributed by atoms with Gasteiger partial charge in [-0.15, -0.1) is 0 Å². The lowest BCUT2D eigenvalue weighted by atomic mass is 9.83. The molecule has 1 saturated heterocycles. The zero-order valence-corrected chi connectivity index (χ0v) is 18.7. The van der Waals surface area contributed by atoms with Gasteiger partial charge in [0.15, 0.2) is 5.78 Å². The third-order valence-corrected chi connectivity index (χ3v) is 6.63. The fraction of sp³-hybridized carbons (Fsp3) is 0.440. The highest BCUT2D eigenvalue weighted by Gasteiger charge is 2.56. The van der Waals surface area contributed by atoms with Crippen molar-refractivity contribution >= 4 is 23.3 Å². The van der Waals surface area contributed by atoms with E-state index < -0.39 is 11.5 Å². The molecule has 1 heterocycles. The summed E-state index contributed by atoms with van der Waals surface area (Å²) >= 11 is 6.01. The minimum atomic E-state index is -0.819. The number of carbonyl (C=O) groups is 2. The number of aryl methyl sites for hydroxylation is 1. The second-order valence-corrected chi connectivity index (χ2v) is 8.82. The van der Waals surface area contributed by atoms with Gasteiger partial charge in [0.25, 0.3) is 0 Å². The number of ether oxygens (including phenoxy) is 2. The van der Waals surface area contributed by atoms with Gasteiger partial charge in [0.05, 0.1) is 19.3 Å². The fourth-order valence-corrected chi connectivity index (χ4v) is 4.84. The van der Waals surface area contributed by atoms with Gasteiger partial charge in [-0.05, 0) is 67.1 Å². The molecule has 0 radical (unpaired) electrons. The van der Waals surface area contributed by atoms with Gasteiger partial charge in [-0.2, -0.15) is 0 Å². The van der Waals surface area contributed by atoms with Gasteiger partial charge < -0.3 is 14.8 Å². The fourth-order valence-electron chi connectivity index (χ4n) is 4.72. The Hall–Kier alpha value is -2.21. The van der Waals surface area contributed by atoms with E-state index in [-0.39, 0.29) is 17.8 Å². The smallest absolute Gasteiger partial charge is 0.235 e. The number of rotatable bonds is 7. The van der Waals surface area contributed by atoms with Crippen LogP contribution in [0, 0.1) is 6.92 Å². The molecule has 5 nitrogen and oxygen atoms in total. The maximum absolute atomic E-state index is 13.5. The first-order chi connectivity index (χ1) is 14.9. The number of benzene rings is 2. The molecule has 2 fully saturated rings. The summed E-state index contributed by atoms with van der Waals surface area (Å²) in [6.45, 7) is 5.59. The summed E-state index contributed by atoms with van der Waals surface area (Å²) in [5.74, 6) is -1.03. The van der Waals surface area contributed by atoms with Gasteiger partial charge in [0, 0.05) is 18.1 Å². The molecule has 2 aromatic rings. The van der Waals surface area contributed by atoms with Gasteiger partial charge in [0.2, 0.25) is 5.91 Å². The summed E-state index contributed by atoms with van der Waals surface area (Å²) in [5, 5.41) is 3.71. The van der Waals surface area contributed by atoms with Crippen molar-refractivity contribution in [2.24, 2.45) is 0 Å². The molecule has 1 aliphatic carbocycles. The van der Waals surface area contributed by atoms with Crippen molar-refractivity contribution in [1.29, 1.82) is 0 Å². The summed E-state index contributed by atoms with van der Waals surface area (Å²) < 4.78 is 11.2. The second-order valence-electron chi connectivity index (χ2n) is 8.38. The molecule has 4 rings (SSSR count). The van der Waals surface area contributed by atoms with Crippen molar-refractivity contribution in [1.82, 2.24) is 5.32 Å². The zero-order valence-electron chi connectivity index (χ0n) is 17.9. The van der Waals surface area contributed by atoms with Gasteiger partial charge in [0.1, 0.15) is 11.5 Å².